The smallest absolute Gasteiger partial charge is 0.407 e. The van der Waals surface area contributed by atoms with Crippen LogP contribution in [0.1, 0.15) is 29.0 Å². The van der Waals surface area contributed by atoms with Crippen molar-refractivity contribution in [2.45, 2.75) is 24.8 Å². The zero-order chi connectivity index (χ0) is 21.8. The molecule has 4 rings (SSSR count). The number of benzene rings is 2. The largest absolute Gasteiger partial charge is 0.480 e. The van der Waals surface area contributed by atoms with Crippen molar-refractivity contribution in [3.8, 4) is 11.1 Å². The van der Waals surface area contributed by atoms with Crippen LogP contribution in [0.15, 0.2) is 67.0 Å². The van der Waals surface area contributed by atoms with Gasteiger partial charge in [-0.15, -0.1) is 0 Å². The van der Waals surface area contributed by atoms with Crippen molar-refractivity contribution in [2.75, 3.05) is 6.61 Å². The molecule has 1 atom stereocenters. The summed E-state index contributed by atoms with van der Waals surface area (Å²) >= 11 is 6.10. The van der Waals surface area contributed by atoms with E-state index in [1.54, 1.807) is 18.5 Å². The number of pyridine rings is 1. The number of carbonyl (C=O) groups excluding carboxylic acids is 1. The zero-order valence-electron chi connectivity index (χ0n) is 16.6. The fraction of sp³-hybridized carbons (Fsp3) is 0.208. The van der Waals surface area contributed by atoms with Crippen LogP contribution in [0.3, 0.4) is 0 Å². The summed E-state index contributed by atoms with van der Waals surface area (Å²) in [5.41, 5.74) is 5.17. The van der Waals surface area contributed by atoms with Gasteiger partial charge in [-0.05, 0) is 46.7 Å². The lowest BCUT2D eigenvalue weighted by Gasteiger charge is -2.17. The molecule has 2 aromatic carbocycles. The van der Waals surface area contributed by atoms with Crippen LogP contribution in [-0.2, 0) is 16.0 Å². The molecule has 1 aliphatic rings. The Kier molecular flexibility index (Phi) is 6.18. The maximum absolute atomic E-state index is 12.4. The summed E-state index contributed by atoms with van der Waals surface area (Å²) in [7, 11) is 0. The number of aliphatic carboxylic acids is 1. The van der Waals surface area contributed by atoms with Gasteiger partial charge in [0.25, 0.3) is 0 Å². The molecule has 1 amide bonds. The van der Waals surface area contributed by atoms with Crippen molar-refractivity contribution in [3.05, 3.63) is 88.7 Å². The van der Waals surface area contributed by atoms with Gasteiger partial charge in [-0.25, -0.2) is 9.59 Å². The minimum absolute atomic E-state index is 0.0874. The monoisotopic (exact) mass is 436 g/mol. The average molecular weight is 437 g/mol. The van der Waals surface area contributed by atoms with E-state index < -0.39 is 18.1 Å². The van der Waals surface area contributed by atoms with Gasteiger partial charge in [0.2, 0.25) is 0 Å². The highest BCUT2D eigenvalue weighted by atomic mass is 35.5. The van der Waals surface area contributed by atoms with Gasteiger partial charge in [0.15, 0.2) is 0 Å². The Hall–Kier alpha value is -3.38. The van der Waals surface area contributed by atoms with Crippen molar-refractivity contribution < 1.29 is 19.4 Å². The molecule has 0 fully saturated rings. The first-order valence-corrected chi connectivity index (χ1v) is 10.3. The van der Waals surface area contributed by atoms with E-state index in [4.69, 9.17) is 16.3 Å². The van der Waals surface area contributed by atoms with Crippen molar-refractivity contribution >= 4 is 23.7 Å². The van der Waals surface area contributed by atoms with E-state index >= 15 is 0 Å². The molecule has 7 heteroatoms. The highest BCUT2D eigenvalue weighted by molar-refractivity contribution is 6.31. The van der Waals surface area contributed by atoms with Gasteiger partial charge in [0.05, 0.1) is 0 Å². The first-order valence-electron chi connectivity index (χ1n) is 9.97. The maximum Gasteiger partial charge on any atom is 0.407 e. The Morgan fingerprint density at radius 1 is 1.06 bits per heavy atom. The summed E-state index contributed by atoms with van der Waals surface area (Å²) in [5, 5.41) is 12.5. The van der Waals surface area contributed by atoms with E-state index in [0.29, 0.717) is 11.4 Å². The molecule has 2 N–H and O–H groups in total. The number of ether oxygens (including phenoxy) is 1. The highest BCUT2D eigenvalue weighted by Gasteiger charge is 2.29. The summed E-state index contributed by atoms with van der Waals surface area (Å²) in [6, 6.07) is 16.6. The number of halogens is 1. The van der Waals surface area contributed by atoms with Crippen molar-refractivity contribution in [1.82, 2.24) is 10.3 Å². The predicted octanol–water partition coefficient (Wildman–Crippen LogP) is 4.66. The van der Waals surface area contributed by atoms with Crippen LogP contribution in [0.5, 0.6) is 0 Å². The number of nitrogens with zero attached hydrogens (tertiary/aromatic N) is 1. The predicted molar refractivity (Wildman–Crippen MR) is 117 cm³/mol. The molecule has 1 aromatic heterocycles. The van der Waals surface area contributed by atoms with Crippen LogP contribution in [0, 0.1) is 0 Å². The van der Waals surface area contributed by atoms with Gasteiger partial charge in [-0.1, -0.05) is 60.1 Å². The molecule has 0 unspecified atom stereocenters. The normalized spacial score (nSPS) is 13.2. The maximum atomic E-state index is 12.4. The molecular formula is C24H21ClN2O4. The number of hydrogen-bond acceptors (Lipinski definition) is 4. The molecule has 31 heavy (non-hydrogen) atoms. The fourth-order valence-corrected chi connectivity index (χ4v) is 4.13. The lowest BCUT2D eigenvalue weighted by atomic mass is 9.98. The van der Waals surface area contributed by atoms with Crippen LogP contribution in [0.25, 0.3) is 11.1 Å². The Morgan fingerprint density at radius 2 is 1.71 bits per heavy atom. The Bertz CT molecular complexity index is 1070. The standard InChI is InChI=1S/C24H21ClN2O4/c25-21-11-12-26-13-15(21)9-10-22(23(28)29)27-24(30)31-14-20-18-7-3-1-5-16(18)17-6-2-4-8-19(17)20/h1-8,11-13,20,22H,9-10,14H2,(H,27,30)(H,28,29)/t22-/m1/s1. The van der Waals surface area contributed by atoms with E-state index in [1.165, 1.54) is 0 Å². The third kappa shape index (κ3) is 4.54. The van der Waals surface area contributed by atoms with Crippen LogP contribution < -0.4 is 5.32 Å². The van der Waals surface area contributed by atoms with E-state index in [9.17, 15) is 14.7 Å². The molecule has 1 aliphatic carbocycles. The molecule has 0 aliphatic heterocycles. The molecule has 0 spiro atoms. The number of carboxylic acids is 1. The summed E-state index contributed by atoms with van der Waals surface area (Å²) in [5.74, 6) is -1.22. The SMILES string of the molecule is O=C(N[C@H](CCc1cnccc1Cl)C(=O)O)OCC1c2ccccc2-c2ccccc21. The number of rotatable bonds is 7. The average Bonchev–Trinajstić information content (AvgIpc) is 3.10. The lowest BCUT2D eigenvalue weighted by molar-refractivity contribution is -0.139. The van der Waals surface area contributed by atoms with Gasteiger partial charge in [0, 0.05) is 23.3 Å². The van der Waals surface area contributed by atoms with Gasteiger partial charge in [-0.3, -0.25) is 4.98 Å². The van der Waals surface area contributed by atoms with Crippen molar-refractivity contribution in [2.24, 2.45) is 0 Å². The number of hydrogen-bond donors (Lipinski definition) is 2. The van der Waals surface area contributed by atoms with Crippen molar-refractivity contribution in [3.63, 3.8) is 0 Å². The molecule has 6 nitrogen and oxygen atoms in total. The molecular weight excluding hydrogens is 416 g/mol. The molecule has 1 heterocycles. The second-order valence-corrected chi connectivity index (χ2v) is 7.77. The minimum atomic E-state index is -1.13. The van der Waals surface area contributed by atoms with Gasteiger partial charge >= 0.3 is 12.1 Å². The summed E-state index contributed by atoms with van der Waals surface area (Å²) in [6.07, 6.45) is 2.94. The summed E-state index contributed by atoms with van der Waals surface area (Å²) < 4.78 is 5.44. The quantitative estimate of drug-likeness (QED) is 0.562. The summed E-state index contributed by atoms with van der Waals surface area (Å²) in [4.78, 5) is 28.0. The first kappa shape index (κ1) is 20.9. The third-order valence-corrected chi connectivity index (χ3v) is 5.85. The van der Waals surface area contributed by atoms with E-state index in [0.717, 1.165) is 27.8 Å². The lowest BCUT2D eigenvalue weighted by Crippen LogP contribution is -2.41. The van der Waals surface area contributed by atoms with Crippen LogP contribution in [0.4, 0.5) is 4.79 Å². The van der Waals surface area contributed by atoms with Crippen LogP contribution in [0.2, 0.25) is 5.02 Å². The number of aromatic nitrogens is 1. The number of fused-ring (bicyclic) bond motifs is 3. The fourth-order valence-electron chi connectivity index (χ4n) is 3.93. The van der Waals surface area contributed by atoms with Crippen LogP contribution >= 0.6 is 11.6 Å². The second-order valence-electron chi connectivity index (χ2n) is 7.37. The zero-order valence-corrected chi connectivity index (χ0v) is 17.4. The van der Waals surface area contributed by atoms with E-state index in [-0.39, 0.29) is 18.9 Å². The van der Waals surface area contributed by atoms with Gasteiger partial charge < -0.3 is 15.2 Å². The molecule has 0 radical (unpaired) electrons. The van der Waals surface area contributed by atoms with Gasteiger partial charge in [0.1, 0.15) is 12.6 Å². The van der Waals surface area contributed by atoms with E-state index in [2.05, 4.69) is 22.4 Å². The van der Waals surface area contributed by atoms with E-state index in [1.807, 2.05) is 36.4 Å². The number of carboxylic acid groups (broad SMARTS) is 1. The number of alkyl carbamates (subject to hydrolysis) is 1. The molecule has 158 valence electrons. The topological polar surface area (TPSA) is 88.5 Å². The number of carbonyl (C=O) groups is 2. The minimum Gasteiger partial charge on any atom is -0.480 e. The molecule has 3 aromatic rings. The number of amides is 1. The number of aryl methyl sites for hydroxylation is 1. The summed E-state index contributed by atoms with van der Waals surface area (Å²) in [6.45, 7) is 0.126. The Labute approximate surface area is 184 Å². The highest BCUT2D eigenvalue weighted by Crippen LogP contribution is 2.44. The second kappa shape index (κ2) is 9.18. The number of nitrogens with one attached hydrogen (secondary N) is 1. The van der Waals surface area contributed by atoms with Crippen molar-refractivity contribution in [1.29, 1.82) is 0 Å². The molecule has 0 saturated carbocycles. The first-order chi connectivity index (χ1) is 15.0. The Balaban J connectivity index is 1.39. The third-order valence-electron chi connectivity index (χ3n) is 5.48. The van der Waals surface area contributed by atoms with Crippen LogP contribution in [-0.4, -0.2) is 34.8 Å². The molecule has 0 saturated heterocycles. The molecule has 0 bridgehead atoms. The van der Waals surface area contributed by atoms with Gasteiger partial charge in [-0.2, -0.15) is 0 Å². The Morgan fingerprint density at radius 3 is 2.32 bits per heavy atom.